The first kappa shape index (κ1) is 41.5. The SMILES string of the molecule is CC1CCCCN1C(=O)c1cc2nc(-c3cccc4ccccc34)cc(C(F)(F)F)n2n1.O=C(c1cc2nc(-c3cccc4ccccc34)cc(C(F)(F)F)n2n1)N1CCCCC1. The number of carbonyl (C=O) groups excluding carboxylic acids is 2. The maximum atomic E-state index is 14.0. The Morgan fingerprint density at radius 3 is 1.51 bits per heavy atom. The van der Waals surface area contributed by atoms with Gasteiger partial charge < -0.3 is 9.80 Å². The summed E-state index contributed by atoms with van der Waals surface area (Å²) in [5.41, 5.74) is -0.406. The Labute approximate surface area is 356 Å². The quantitative estimate of drug-likeness (QED) is 0.163. The summed E-state index contributed by atoms with van der Waals surface area (Å²) in [7, 11) is 0. The van der Waals surface area contributed by atoms with Gasteiger partial charge in [0.2, 0.25) is 0 Å². The molecule has 4 aromatic carbocycles. The van der Waals surface area contributed by atoms with Gasteiger partial charge in [0.15, 0.2) is 34.1 Å². The highest BCUT2D eigenvalue weighted by molar-refractivity contribution is 5.98. The lowest BCUT2D eigenvalue weighted by Gasteiger charge is -2.32. The first-order valence-electron chi connectivity index (χ1n) is 20.8. The molecule has 0 spiro atoms. The van der Waals surface area contributed by atoms with E-state index in [1.807, 2.05) is 67.6 Å². The van der Waals surface area contributed by atoms with Crippen molar-refractivity contribution in [3.8, 4) is 22.5 Å². The van der Waals surface area contributed by atoms with Gasteiger partial charge in [0.25, 0.3) is 11.8 Å². The molecule has 1 atom stereocenters. The molecule has 2 amide bonds. The lowest BCUT2D eigenvalue weighted by molar-refractivity contribution is -0.143. The Balaban J connectivity index is 0.000000160. The van der Waals surface area contributed by atoms with Crippen molar-refractivity contribution in [1.29, 1.82) is 0 Å². The largest absolute Gasteiger partial charge is 0.433 e. The predicted octanol–water partition coefficient (Wildman–Crippen LogP) is 10.8. The molecule has 10 nitrogen and oxygen atoms in total. The fourth-order valence-electron chi connectivity index (χ4n) is 8.54. The van der Waals surface area contributed by atoms with E-state index in [-0.39, 0.29) is 51.9 Å². The molecule has 8 aromatic rings. The van der Waals surface area contributed by atoms with Crippen LogP contribution < -0.4 is 0 Å². The van der Waals surface area contributed by atoms with Crippen molar-refractivity contribution in [2.45, 2.75) is 63.8 Å². The maximum Gasteiger partial charge on any atom is 0.433 e. The van der Waals surface area contributed by atoms with Crippen LogP contribution >= 0.6 is 0 Å². The Morgan fingerprint density at radius 2 is 1.02 bits per heavy atom. The minimum absolute atomic E-state index is 0.00174. The molecule has 0 N–H and O–H groups in total. The molecular formula is C47H40F6N8O2. The molecule has 0 saturated carbocycles. The van der Waals surface area contributed by atoms with Crippen molar-refractivity contribution in [1.82, 2.24) is 39.0 Å². The summed E-state index contributed by atoms with van der Waals surface area (Å²) in [6, 6.07) is 30.5. The second kappa shape index (κ2) is 16.5. The number of hydrogen-bond donors (Lipinski definition) is 0. The molecule has 16 heteroatoms. The van der Waals surface area contributed by atoms with E-state index < -0.39 is 23.7 Å². The first-order chi connectivity index (χ1) is 30.2. The second-order valence-electron chi connectivity index (χ2n) is 15.9. The number of fused-ring (bicyclic) bond motifs is 4. The van der Waals surface area contributed by atoms with Gasteiger partial charge in [0, 0.05) is 48.9 Å². The average Bonchev–Trinajstić information content (AvgIpc) is 3.92. The molecule has 322 valence electrons. The highest BCUT2D eigenvalue weighted by atomic mass is 19.4. The molecule has 4 aromatic heterocycles. The molecule has 2 fully saturated rings. The van der Waals surface area contributed by atoms with Crippen molar-refractivity contribution < 1.29 is 35.9 Å². The molecule has 0 aliphatic carbocycles. The molecule has 6 heterocycles. The maximum absolute atomic E-state index is 14.0. The van der Waals surface area contributed by atoms with Crippen molar-refractivity contribution in [2.75, 3.05) is 19.6 Å². The predicted molar refractivity (Wildman–Crippen MR) is 226 cm³/mol. The van der Waals surface area contributed by atoms with Gasteiger partial charge in [-0.1, -0.05) is 84.9 Å². The van der Waals surface area contributed by atoms with Crippen molar-refractivity contribution in [3.63, 3.8) is 0 Å². The van der Waals surface area contributed by atoms with Crippen molar-refractivity contribution >= 4 is 44.7 Å². The summed E-state index contributed by atoms with van der Waals surface area (Å²) >= 11 is 0. The van der Waals surface area contributed by atoms with Crippen LogP contribution in [-0.2, 0) is 12.4 Å². The van der Waals surface area contributed by atoms with Gasteiger partial charge in [-0.05, 0) is 79.1 Å². The molecule has 0 radical (unpaired) electrons. The van der Waals surface area contributed by atoms with E-state index >= 15 is 0 Å². The Hall–Kier alpha value is -6.84. The van der Waals surface area contributed by atoms with E-state index in [4.69, 9.17) is 0 Å². The van der Waals surface area contributed by atoms with Crippen LogP contribution in [0.5, 0.6) is 0 Å². The summed E-state index contributed by atoms with van der Waals surface area (Å²) in [6.07, 6.45) is -3.72. The first-order valence-corrected chi connectivity index (χ1v) is 20.8. The summed E-state index contributed by atoms with van der Waals surface area (Å²) in [5, 5.41) is 11.4. The fourth-order valence-corrected chi connectivity index (χ4v) is 8.54. The van der Waals surface area contributed by atoms with Crippen LogP contribution in [0.4, 0.5) is 26.3 Å². The van der Waals surface area contributed by atoms with E-state index in [2.05, 4.69) is 20.2 Å². The summed E-state index contributed by atoms with van der Waals surface area (Å²) in [5.74, 6) is -0.715. The lowest BCUT2D eigenvalue weighted by Crippen LogP contribution is -2.42. The van der Waals surface area contributed by atoms with Gasteiger partial charge >= 0.3 is 12.4 Å². The molecule has 0 bridgehead atoms. The second-order valence-corrected chi connectivity index (χ2v) is 15.9. The monoisotopic (exact) mass is 862 g/mol. The average molecular weight is 863 g/mol. The zero-order chi connectivity index (χ0) is 44.0. The van der Waals surface area contributed by atoms with Crippen LogP contribution in [0, 0.1) is 0 Å². The van der Waals surface area contributed by atoms with Gasteiger partial charge in [0.1, 0.15) is 0 Å². The minimum atomic E-state index is -4.66. The van der Waals surface area contributed by atoms with Crippen LogP contribution in [0.3, 0.4) is 0 Å². The number of halogens is 6. The van der Waals surface area contributed by atoms with E-state index in [9.17, 15) is 35.9 Å². The number of hydrogen-bond acceptors (Lipinski definition) is 6. The van der Waals surface area contributed by atoms with E-state index in [0.717, 1.165) is 81.2 Å². The van der Waals surface area contributed by atoms with Crippen LogP contribution in [0.15, 0.2) is 109 Å². The number of alkyl halides is 6. The number of amides is 2. The number of rotatable bonds is 4. The zero-order valence-corrected chi connectivity index (χ0v) is 34.0. The third kappa shape index (κ3) is 8.17. The minimum Gasteiger partial charge on any atom is -0.337 e. The highest BCUT2D eigenvalue weighted by Crippen LogP contribution is 2.37. The number of nitrogens with zero attached hydrogens (tertiary/aromatic N) is 8. The molecule has 2 aliphatic heterocycles. The third-order valence-electron chi connectivity index (χ3n) is 11.7. The Kier molecular flexibility index (Phi) is 10.8. The topological polar surface area (TPSA) is 101 Å². The van der Waals surface area contributed by atoms with Crippen molar-refractivity contribution in [2.24, 2.45) is 0 Å². The lowest BCUT2D eigenvalue weighted by atomic mass is 10.0. The third-order valence-corrected chi connectivity index (χ3v) is 11.7. The zero-order valence-electron chi connectivity index (χ0n) is 34.0. The molecule has 63 heavy (non-hydrogen) atoms. The van der Waals surface area contributed by atoms with Crippen LogP contribution in [0.1, 0.15) is 77.8 Å². The van der Waals surface area contributed by atoms with Gasteiger partial charge in [-0.2, -0.15) is 36.5 Å². The van der Waals surface area contributed by atoms with Crippen molar-refractivity contribution in [3.05, 3.63) is 132 Å². The highest BCUT2D eigenvalue weighted by Gasteiger charge is 2.38. The van der Waals surface area contributed by atoms with E-state index in [1.54, 1.807) is 34.1 Å². The summed E-state index contributed by atoms with van der Waals surface area (Å²) in [6.45, 7) is 3.71. The number of carbonyl (C=O) groups is 2. The van der Waals surface area contributed by atoms with Gasteiger partial charge in [-0.15, -0.1) is 0 Å². The Bertz CT molecular complexity index is 3010. The number of aromatic nitrogens is 6. The van der Waals surface area contributed by atoms with Gasteiger partial charge in [-0.25, -0.2) is 19.0 Å². The molecule has 2 saturated heterocycles. The Morgan fingerprint density at radius 1 is 0.556 bits per heavy atom. The molecule has 2 aliphatic rings. The number of likely N-dealkylation sites (tertiary alicyclic amines) is 2. The molecule has 1 unspecified atom stereocenters. The fraction of sp³-hybridized carbons (Fsp3) is 0.277. The normalized spacial score (nSPS) is 16.1. The summed E-state index contributed by atoms with van der Waals surface area (Å²) in [4.78, 5) is 38.1. The van der Waals surface area contributed by atoms with E-state index in [1.165, 1.54) is 12.1 Å². The van der Waals surface area contributed by atoms with Crippen LogP contribution in [0.2, 0.25) is 0 Å². The van der Waals surface area contributed by atoms with Crippen LogP contribution in [0.25, 0.3) is 55.4 Å². The van der Waals surface area contributed by atoms with Gasteiger partial charge in [0.05, 0.1) is 11.4 Å². The van der Waals surface area contributed by atoms with Crippen LogP contribution in [-0.4, -0.2) is 76.5 Å². The van der Waals surface area contributed by atoms with E-state index in [0.29, 0.717) is 30.8 Å². The molecule has 10 rings (SSSR count). The number of piperidine rings is 2. The number of benzene rings is 4. The summed E-state index contributed by atoms with van der Waals surface area (Å²) < 4.78 is 85.1. The molecular weight excluding hydrogens is 823 g/mol. The standard InChI is InChI=1S/C24H21F3N4O.C23H19F3N4O/c1-15-7-4-5-12-30(15)23(32)20-14-22-28-19(13-21(24(25,26)27)31(22)29-20)18-11-6-9-16-8-2-3-10-17(16)18;24-23(25,26)20-13-18(17-10-6-8-15-7-2-3-9-16(15)17)27-21-14-19(28-30(20)21)22(31)29-11-4-1-5-12-29/h2-3,6,8-11,13-15H,4-5,7,12H2,1H3;2-3,6-10,13-14H,1,4-5,11-12H2. The van der Waals surface area contributed by atoms with Gasteiger partial charge in [-0.3, -0.25) is 9.59 Å². The smallest absolute Gasteiger partial charge is 0.337 e.